The molecule has 0 atom stereocenters. The molecule has 0 aromatic rings. The quantitative estimate of drug-likeness (QED) is 0.723. The standard InChI is InChI=1S/C7H14N2O.C3H8.C2H6.H2/c8-7-1-3-9(4-2-7)5-6-10;1-3-2;1-2;/h6-7H,1-5,8H2;3H2,1-2H3;1-2H3;1H. The van der Waals surface area contributed by atoms with Crippen LogP contribution < -0.4 is 5.73 Å². The van der Waals surface area contributed by atoms with Crippen LogP contribution in [0.25, 0.3) is 0 Å². The van der Waals surface area contributed by atoms with E-state index in [0.717, 1.165) is 32.2 Å². The molecule has 1 rings (SSSR count). The topological polar surface area (TPSA) is 46.3 Å². The van der Waals surface area contributed by atoms with Crippen LogP contribution in [0.2, 0.25) is 0 Å². The molecule has 3 nitrogen and oxygen atoms in total. The van der Waals surface area contributed by atoms with Gasteiger partial charge in [0.1, 0.15) is 6.29 Å². The summed E-state index contributed by atoms with van der Waals surface area (Å²) in [4.78, 5) is 12.2. The Bertz CT molecular complexity index is 126. The second kappa shape index (κ2) is 13.6. The molecule has 0 aliphatic carbocycles. The largest absolute Gasteiger partial charge is 0.328 e. The van der Waals surface area contributed by atoms with E-state index in [-0.39, 0.29) is 1.43 Å². The van der Waals surface area contributed by atoms with Crippen molar-refractivity contribution in [3.8, 4) is 0 Å². The molecular formula is C12H30N2O. The van der Waals surface area contributed by atoms with Gasteiger partial charge in [0, 0.05) is 20.6 Å². The van der Waals surface area contributed by atoms with Gasteiger partial charge < -0.3 is 10.5 Å². The zero-order valence-electron chi connectivity index (χ0n) is 10.8. The molecular weight excluding hydrogens is 188 g/mol. The number of rotatable bonds is 2. The van der Waals surface area contributed by atoms with Crippen molar-refractivity contribution in [2.75, 3.05) is 19.6 Å². The lowest BCUT2D eigenvalue weighted by Gasteiger charge is -2.28. The number of carbonyl (C=O) groups is 1. The van der Waals surface area contributed by atoms with Crippen LogP contribution in [-0.4, -0.2) is 36.9 Å². The van der Waals surface area contributed by atoms with Crippen LogP contribution in [0, 0.1) is 0 Å². The highest BCUT2D eigenvalue weighted by atomic mass is 16.1. The molecule has 0 radical (unpaired) electrons. The molecule has 0 amide bonds. The highest BCUT2D eigenvalue weighted by Gasteiger charge is 2.14. The van der Waals surface area contributed by atoms with Gasteiger partial charge in [0.25, 0.3) is 0 Å². The molecule has 0 unspecified atom stereocenters. The summed E-state index contributed by atoms with van der Waals surface area (Å²) in [5, 5.41) is 0. The van der Waals surface area contributed by atoms with Gasteiger partial charge in [-0.15, -0.1) is 0 Å². The third-order valence-electron chi connectivity index (χ3n) is 1.96. The highest BCUT2D eigenvalue weighted by molar-refractivity contribution is 5.51. The minimum absolute atomic E-state index is 0. The molecule has 1 saturated heterocycles. The minimum atomic E-state index is 0. The summed E-state index contributed by atoms with van der Waals surface area (Å²) in [5.74, 6) is 0. The number of nitrogens with two attached hydrogens (primary N) is 1. The number of nitrogens with zero attached hydrogens (tertiary/aromatic N) is 1. The van der Waals surface area contributed by atoms with Crippen LogP contribution in [0.4, 0.5) is 0 Å². The summed E-state index contributed by atoms with van der Waals surface area (Å²) in [6.45, 7) is 10.8. The summed E-state index contributed by atoms with van der Waals surface area (Å²) >= 11 is 0. The summed E-state index contributed by atoms with van der Waals surface area (Å²) in [6.07, 6.45) is 4.28. The van der Waals surface area contributed by atoms with Crippen molar-refractivity contribution in [3.05, 3.63) is 0 Å². The van der Waals surface area contributed by atoms with Gasteiger partial charge in [-0.2, -0.15) is 0 Å². The first-order valence-electron chi connectivity index (χ1n) is 6.16. The Kier molecular flexibility index (Phi) is 15.4. The second-order valence-corrected chi connectivity index (χ2v) is 3.51. The molecule has 2 N–H and O–H groups in total. The maximum Gasteiger partial charge on any atom is 0.133 e. The molecule has 1 aliphatic rings. The highest BCUT2D eigenvalue weighted by Crippen LogP contribution is 2.06. The predicted molar refractivity (Wildman–Crippen MR) is 69.1 cm³/mol. The number of piperidine rings is 1. The third-order valence-corrected chi connectivity index (χ3v) is 1.96. The van der Waals surface area contributed by atoms with E-state index in [9.17, 15) is 4.79 Å². The Balaban J connectivity index is -0.000000246. The van der Waals surface area contributed by atoms with Gasteiger partial charge in [-0.05, 0) is 12.8 Å². The van der Waals surface area contributed by atoms with Crippen molar-refractivity contribution < 1.29 is 6.22 Å². The molecule has 0 aromatic heterocycles. The Morgan fingerprint density at radius 1 is 1.33 bits per heavy atom. The average molecular weight is 218 g/mol. The van der Waals surface area contributed by atoms with E-state index >= 15 is 0 Å². The maximum absolute atomic E-state index is 10.1. The van der Waals surface area contributed by atoms with Gasteiger partial charge in [0.15, 0.2) is 0 Å². The Hall–Kier alpha value is -0.410. The molecule has 94 valence electrons. The lowest BCUT2D eigenvalue weighted by molar-refractivity contribution is -0.109. The van der Waals surface area contributed by atoms with Crippen LogP contribution in [-0.2, 0) is 4.79 Å². The molecule has 3 heteroatoms. The molecule has 1 aliphatic heterocycles. The Morgan fingerprint density at radius 2 is 1.73 bits per heavy atom. The zero-order chi connectivity index (χ0) is 12.1. The predicted octanol–water partition coefficient (Wildman–Crippen LogP) is 2.30. The van der Waals surface area contributed by atoms with Crippen molar-refractivity contribution in [2.45, 2.75) is 53.0 Å². The first-order valence-corrected chi connectivity index (χ1v) is 6.16. The normalized spacial score (nSPS) is 16.9. The summed E-state index contributed by atoms with van der Waals surface area (Å²) in [5.41, 5.74) is 5.68. The summed E-state index contributed by atoms with van der Waals surface area (Å²) < 4.78 is 0. The van der Waals surface area contributed by atoms with Crippen molar-refractivity contribution in [3.63, 3.8) is 0 Å². The zero-order valence-corrected chi connectivity index (χ0v) is 10.8. The van der Waals surface area contributed by atoms with Crippen LogP contribution >= 0.6 is 0 Å². The fourth-order valence-corrected chi connectivity index (χ4v) is 1.24. The van der Waals surface area contributed by atoms with Gasteiger partial charge in [-0.3, -0.25) is 4.90 Å². The van der Waals surface area contributed by atoms with E-state index in [0.29, 0.717) is 12.6 Å². The molecule has 1 fully saturated rings. The number of likely N-dealkylation sites (tertiary alicyclic amines) is 1. The minimum Gasteiger partial charge on any atom is -0.328 e. The lowest BCUT2D eigenvalue weighted by atomic mass is 10.1. The SMILES string of the molecule is CC.CCC.NC1CCN(CC=O)CC1.[HH]. The van der Waals surface area contributed by atoms with E-state index in [1.165, 1.54) is 6.42 Å². The summed E-state index contributed by atoms with van der Waals surface area (Å²) in [6, 6.07) is 0.364. The van der Waals surface area contributed by atoms with Crippen molar-refractivity contribution in [1.82, 2.24) is 4.90 Å². The van der Waals surface area contributed by atoms with Crippen LogP contribution in [0.3, 0.4) is 0 Å². The second-order valence-electron chi connectivity index (χ2n) is 3.51. The van der Waals surface area contributed by atoms with E-state index in [1.54, 1.807) is 0 Å². The average Bonchev–Trinajstić information content (AvgIpc) is 2.26. The third kappa shape index (κ3) is 11.5. The fraction of sp³-hybridized carbons (Fsp3) is 0.917. The maximum atomic E-state index is 10.1. The molecule has 1 heterocycles. The number of aldehydes is 1. The Morgan fingerprint density at radius 3 is 2.07 bits per heavy atom. The fourth-order valence-electron chi connectivity index (χ4n) is 1.24. The van der Waals surface area contributed by atoms with E-state index in [4.69, 9.17) is 5.73 Å². The van der Waals surface area contributed by atoms with Gasteiger partial charge in [0.05, 0.1) is 6.54 Å². The Labute approximate surface area is 96.5 Å². The van der Waals surface area contributed by atoms with Gasteiger partial charge in [0.2, 0.25) is 0 Å². The van der Waals surface area contributed by atoms with Crippen molar-refractivity contribution in [1.29, 1.82) is 0 Å². The van der Waals surface area contributed by atoms with Crippen LogP contribution in [0.1, 0.15) is 48.4 Å². The molecule has 15 heavy (non-hydrogen) atoms. The van der Waals surface area contributed by atoms with Crippen molar-refractivity contribution in [2.24, 2.45) is 5.73 Å². The molecule has 0 saturated carbocycles. The van der Waals surface area contributed by atoms with E-state index in [2.05, 4.69) is 18.7 Å². The first-order chi connectivity index (χ1) is 7.24. The number of hydrogen-bond donors (Lipinski definition) is 1. The monoisotopic (exact) mass is 218 g/mol. The number of carbonyl (C=O) groups excluding carboxylic acids is 1. The van der Waals surface area contributed by atoms with Gasteiger partial charge >= 0.3 is 0 Å². The lowest BCUT2D eigenvalue weighted by Crippen LogP contribution is -2.40. The van der Waals surface area contributed by atoms with Crippen LogP contribution in [0.15, 0.2) is 0 Å². The first kappa shape index (κ1) is 17.0. The molecule has 0 spiro atoms. The molecule has 0 aromatic carbocycles. The smallest absolute Gasteiger partial charge is 0.133 e. The molecule has 0 bridgehead atoms. The van der Waals surface area contributed by atoms with Crippen molar-refractivity contribution >= 4 is 6.29 Å². The van der Waals surface area contributed by atoms with E-state index < -0.39 is 0 Å². The van der Waals surface area contributed by atoms with Gasteiger partial charge in [-0.25, -0.2) is 0 Å². The van der Waals surface area contributed by atoms with E-state index in [1.807, 2.05) is 13.8 Å². The summed E-state index contributed by atoms with van der Waals surface area (Å²) in [7, 11) is 0. The van der Waals surface area contributed by atoms with Crippen LogP contribution in [0.5, 0.6) is 0 Å². The number of hydrogen-bond acceptors (Lipinski definition) is 3. The van der Waals surface area contributed by atoms with Gasteiger partial charge in [-0.1, -0.05) is 34.1 Å².